The second kappa shape index (κ2) is 6.14. The zero-order chi connectivity index (χ0) is 14.8. The Bertz CT molecular complexity index is 585. The summed E-state index contributed by atoms with van der Waals surface area (Å²) in [6.45, 7) is 10.1. The summed E-state index contributed by atoms with van der Waals surface area (Å²) in [6.07, 6.45) is 0. The van der Waals surface area contributed by atoms with Gasteiger partial charge < -0.3 is 5.32 Å². The fourth-order valence-corrected chi connectivity index (χ4v) is 3.65. The Labute approximate surface area is 131 Å². The van der Waals surface area contributed by atoms with Crippen molar-refractivity contribution in [1.29, 1.82) is 0 Å². The summed E-state index contributed by atoms with van der Waals surface area (Å²) in [5, 5.41) is 5.00. The van der Waals surface area contributed by atoms with Crippen molar-refractivity contribution < 1.29 is 0 Å². The van der Waals surface area contributed by atoms with Crippen molar-refractivity contribution in [2.45, 2.75) is 33.1 Å². The molecule has 0 saturated heterocycles. The SMILES string of the molecule is Cc1ccc(Br)c(NCc2ccc([Si](C)(C)C)cc2)c1. The molecule has 3 heteroatoms. The van der Waals surface area contributed by atoms with Gasteiger partial charge in [0.2, 0.25) is 0 Å². The van der Waals surface area contributed by atoms with Gasteiger partial charge in [0.1, 0.15) is 0 Å². The second-order valence-electron chi connectivity index (χ2n) is 6.28. The van der Waals surface area contributed by atoms with E-state index in [2.05, 4.69) is 90.3 Å². The van der Waals surface area contributed by atoms with Gasteiger partial charge in [0.05, 0.1) is 8.07 Å². The second-order valence-corrected chi connectivity index (χ2v) is 12.2. The molecular formula is C17H22BrNSi. The van der Waals surface area contributed by atoms with Crippen LogP contribution < -0.4 is 10.5 Å². The van der Waals surface area contributed by atoms with Crippen LogP contribution in [0, 0.1) is 6.92 Å². The minimum absolute atomic E-state index is 0.855. The maximum absolute atomic E-state index is 3.58. The summed E-state index contributed by atoms with van der Waals surface area (Å²) in [5.74, 6) is 0. The maximum Gasteiger partial charge on any atom is 0.0775 e. The molecule has 0 fully saturated rings. The van der Waals surface area contributed by atoms with Gasteiger partial charge in [-0.15, -0.1) is 0 Å². The van der Waals surface area contributed by atoms with Gasteiger partial charge >= 0.3 is 0 Å². The smallest absolute Gasteiger partial charge is 0.0775 e. The van der Waals surface area contributed by atoms with E-state index in [-0.39, 0.29) is 0 Å². The number of nitrogens with one attached hydrogen (secondary N) is 1. The monoisotopic (exact) mass is 347 g/mol. The van der Waals surface area contributed by atoms with Crippen molar-refractivity contribution in [3.8, 4) is 0 Å². The predicted molar refractivity (Wildman–Crippen MR) is 95.6 cm³/mol. The molecule has 0 amide bonds. The van der Waals surface area contributed by atoms with Crippen molar-refractivity contribution in [1.82, 2.24) is 0 Å². The van der Waals surface area contributed by atoms with Crippen LogP contribution in [0.5, 0.6) is 0 Å². The van der Waals surface area contributed by atoms with Gasteiger partial charge in [-0.05, 0) is 46.1 Å². The van der Waals surface area contributed by atoms with Crippen LogP contribution in [0.1, 0.15) is 11.1 Å². The molecule has 1 nitrogen and oxygen atoms in total. The minimum atomic E-state index is -1.19. The minimum Gasteiger partial charge on any atom is -0.380 e. The first kappa shape index (κ1) is 15.3. The normalized spacial score (nSPS) is 11.4. The highest BCUT2D eigenvalue weighted by molar-refractivity contribution is 9.10. The zero-order valence-corrected chi connectivity index (χ0v) is 15.2. The van der Waals surface area contributed by atoms with Gasteiger partial charge in [0, 0.05) is 16.7 Å². The van der Waals surface area contributed by atoms with Crippen molar-refractivity contribution in [2.24, 2.45) is 0 Å². The lowest BCUT2D eigenvalue weighted by atomic mass is 10.2. The van der Waals surface area contributed by atoms with Gasteiger partial charge in [-0.3, -0.25) is 0 Å². The molecule has 0 atom stereocenters. The summed E-state index contributed by atoms with van der Waals surface area (Å²) in [6, 6.07) is 15.4. The van der Waals surface area contributed by atoms with E-state index in [0.29, 0.717) is 0 Å². The van der Waals surface area contributed by atoms with Crippen LogP contribution in [0.3, 0.4) is 0 Å². The molecule has 2 rings (SSSR count). The van der Waals surface area contributed by atoms with Gasteiger partial charge in [-0.1, -0.05) is 55.2 Å². The van der Waals surface area contributed by atoms with Crippen LogP contribution in [0.4, 0.5) is 5.69 Å². The van der Waals surface area contributed by atoms with E-state index in [9.17, 15) is 0 Å². The van der Waals surface area contributed by atoms with E-state index in [1.165, 1.54) is 16.3 Å². The molecule has 0 spiro atoms. The molecule has 2 aromatic rings. The average molecular weight is 348 g/mol. The highest BCUT2D eigenvalue weighted by Gasteiger charge is 2.15. The summed E-state index contributed by atoms with van der Waals surface area (Å²) in [4.78, 5) is 0. The predicted octanol–water partition coefficient (Wildman–Crippen LogP) is 4.91. The number of benzene rings is 2. The Hall–Kier alpha value is -1.06. The topological polar surface area (TPSA) is 12.0 Å². The molecule has 0 bridgehead atoms. The highest BCUT2D eigenvalue weighted by atomic mass is 79.9. The van der Waals surface area contributed by atoms with E-state index >= 15 is 0 Å². The number of hydrogen-bond acceptors (Lipinski definition) is 1. The molecule has 1 N–H and O–H groups in total. The largest absolute Gasteiger partial charge is 0.380 e. The standard InChI is InChI=1S/C17H22BrNSi/c1-13-5-10-16(18)17(11-13)19-12-14-6-8-15(9-7-14)20(2,3)4/h5-11,19H,12H2,1-4H3. The maximum atomic E-state index is 3.58. The molecule has 0 radical (unpaired) electrons. The van der Waals surface area contributed by atoms with Gasteiger partial charge in [-0.25, -0.2) is 0 Å². The third-order valence-electron chi connectivity index (χ3n) is 3.42. The molecule has 2 aromatic carbocycles. The number of rotatable bonds is 4. The first-order valence-corrected chi connectivity index (χ1v) is 11.2. The number of aryl methyl sites for hydroxylation is 1. The number of hydrogen-bond donors (Lipinski definition) is 1. The molecule has 0 aliphatic carbocycles. The van der Waals surface area contributed by atoms with Gasteiger partial charge in [-0.2, -0.15) is 0 Å². The third-order valence-corrected chi connectivity index (χ3v) is 6.18. The zero-order valence-electron chi connectivity index (χ0n) is 12.6. The molecule has 0 unspecified atom stereocenters. The fourth-order valence-electron chi connectivity index (χ4n) is 2.09. The average Bonchev–Trinajstić information content (AvgIpc) is 2.39. The lowest BCUT2D eigenvalue weighted by Gasteiger charge is -2.17. The lowest BCUT2D eigenvalue weighted by Crippen LogP contribution is -2.37. The van der Waals surface area contributed by atoms with E-state index in [4.69, 9.17) is 0 Å². The van der Waals surface area contributed by atoms with Crippen LogP contribution in [0.15, 0.2) is 46.9 Å². The molecular weight excluding hydrogens is 326 g/mol. The van der Waals surface area contributed by atoms with Crippen LogP contribution in [0.25, 0.3) is 0 Å². The van der Waals surface area contributed by atoms with E-state index in [0.717, 1.165) is 16.7 Å². The van der Waals surface area contributed by atoms with Gasteiger partial charge in [0.25, 0.3) is 0 Å². The Morgan fingerprint density at radius 1 is 1.00 bits per heavy atom. The molecule has 0 heterocycles. The first-order valence-electron chi connectivity index (χ1n) is 6.96. The molecule has 0 aliphatic heterocycles. The summed E-state index contributed by atoms with van der Waals surface area (Å²) < 4.78 is 1.11. The summed E-state index contributed by atoms with van der Waals surface area (Å²) in [7, 11) is -1.19. The van der Waals surface area contributed by atoms with Crippen LogP contribution >= 0.6 is 15.9 Å². The Balaban J connectivity index is 2.06. The van der Waals surface area contributed by atoms with Crippen LogP contribution in [-0.4, -0.2) is 8.07 Å². The van der Waals surface area contributed by atoms with Crippen molar-refractivity contribution in [3.63, 3.8) is 0 Å². The Morgan fingerprint density at radius 2 is 1.65 bits per heavy atom. The number of anilines is 1. The van der Waals surface area contributed by atoms with E-state index in [1.54, 1.807) is 0 Å². The number of halogens is 1. The van der Waals surface area contributed by atoms with Crippen molar-refractivity contribution in [2.75, 3.05) is 5.32 Å². The van der Waals surface area contributed by atoms with Crippen LogP contribution in [-0.2, 0) is 6.54 Å². The molecule has 0 aromatic heterocycles. The first-order chi connectivity index (χ1) is 9.36. The molecule has 0 aliphatic rings. The van der Waals surface area contributed by atoms with Crippen LogP contribution in [0.2, 0.25) is 19.6 Å². The van der Waals surface area contributed by atoms with Crippen molar-refractivity contribution >= 4 is 34.9 Å². The lowest BCUT2D eigenvalue weighted by molar-refractivity contribution is 1.14. The third kappa shape index (κ3) is 3.97. The Kier molecular flexibility index (Phi) is 4.71. The molecule has 0 saturated carbocycles. The quantitative estimate of drug-likeness (QED) is 0.774. The molecule has 106 valence electrons. The van der Waals surface area contributed by atoms with Gasteiger partial charge in [0.15, 0.2) is 0 Å². The highest BCUT2D eigenvalue weighted by Crippen LogP contribution is 2.23. The Morgan fingerprint density at radius 3 is 2.25 bits per heavy atom. The summed E-state index contributed by atoms with van der Waals surface area (Å²) >= 11 is 3.58. The van der Waals surface area contributed by atoms with E-state index < -0.39 is 8.07 Å². The fraction of sp³-hybridized carbons (Fsp3) is 0.294. The molecule has 20 heavy (non-hydrogen) atoms. The van der Waals surface area contributed by atoms with Crippen molar-refractivity contribution in [3.05, 3.63) is 58.1 Å². The summed E-state index contributed by atoms with van der Waals surface area (Å²) in [5.41, 5.74) is 3.74. The van der Waals surface area contributed by atoms with E-state index in [1.807, 2.05) is 0 Å².